The number of carbonyl (C=O) groups is 2. The molecule has 2 atom stereocenters. The average molecular weight is 738 g/mol. The summed E-state index contributed by atoms with van der Waals surface area (Å²) in [5.41, 5.74) is 0. The number of esters is 1. The summed E-state index contributed by atoms with van der Waals surface area (Å²) in [5.74, 6) is -0.554. The number of phosphoric ester groups is 1. The number of carbonyl (C=O) groups excluding carboxylic acids is 2. The SMILES string of the molecule is CC/C=C\C/C=C\C/C=C\C/C=C\C/C=C\CCCCCC(=O)OCC(O)COP(=O)(O)OCCNC(=O)CCCCCCCCCCCCC. The molecule has 0 radical (unpaired) electrons. The maximum Gasteiger partial charge on any atom is 0.472 e. The number of phosphoric acid groups is 1. The highest BCUT2D eigenvalue weighted by molar-refractivity contribution is 7.47. The van der Waals surface area contributed by atoms with Gasteiger partial charge in [-0.1, -0.05) is 145 Å². The molecule has 0 aromatic rings. The van der Waals surface area contributed by atoms with Gasteiger partial charge in [-0.05, 0) is 57.8 Å². The second kappa shape index (κ2) is 37.5. The molecule has 0 aromatic heterocycles. The number of allylic oxidation sites excluding steroid dienone is 10. The Morgan fingerprint density at radius 1 is 0.627 bits per heavy atom. The van der Waals surface area contributed by atoms with E-state index in [0.717, 1.165) is 70.6 Å². The predicted molar refractivity (Wildman–Crippen MR) is 210 cm³/mol. The van der Waals surface area contributed by atoms with Gasteiger partial charge >= 0.3 is 13.8 Å². The zero-order valence-electron chi connectivity index (χ0n) is 32.0. The van der Waals surface area contributed by atoms with Gasteiger partial charge < -0.3 is 20.1 Å². The molecule has 0 aliphatic heterocycles. The zero-order chi connectivity index (χ0) is 37.5. The van der Waals surface area contributed by atoms with Crippen LogP contribution in [0.1, 0.15) is 155 Å². The van der Waals surface area contributed by atoms with Gasteiger partial charge in [0.25, 0.3) is 0 Å². The summed E-state index contributed by atoms with van der Waals surface area (Å²) >= 11 is 0. The highest BCUT2D eigenvalue weighted by Crippen LogP contribution is 2.42. The van der Waals surface area contributed by atoms with Crippen LogP contribution in [0.25, 0.3) is 0 Å². The van der Waals surface area contributed by atoms with E-state index in [-0.39, 0.29) is 32.1 Å². The minimum Gasteiger partial charge on any atom is -0.463 e. The quantitative estimate of drug-likeness (QED) is 0.0251. The van der Waals surface area contributed by atoms with Crippen molar-refractivity contribution in [3.05, 3.63) is 60.8 Å². The summed E-state index contributed by atoms with van der Waals surface area (Å²) in [4.78, 5) is 33.8. The van der Waals surface area contributed by atoms with E-state index >= 15 is 0 Å². The Hall–Kier alpha value is -2.29. The van der Waals surface area contributed by atoms with E-state index in [9.17, 15) is 24.2 Å². The first-order valence-corrected chi connectivity index (χ1v) is 21.3. The fourth-order valence-corrected chi connectivity index (χ4v) is 5.75. The minimum atomic E-state index is -4.42. The van der Waals surface area contributed by atoms with E-state index in [1.165, 1.54) is 51.4 Å². The number of hydrogen-bond donors (Lipinski definition) is 3. The van der Waals surface area contributed by atoms with Crippen molar-refractivity contribution in [2.45, 2.75) is 161 Å². The third kappa shape index (κ3) is 38.8. The van der Waals surface area contributed by atoms with Crippen LogP contribution in [0, 0.1) is 0 Å². The molecular weight excluding hydrogens is 665 g/mol. The lowest BCUT2D eigenvalue weighted by atomic mass is 10.1. The first kappa shape index (κ1) is 48.7. The molecule has 0 saturated heterocycles. The Morgan fingerprint density at radius 2 is 1.12 bits per heavy atom. The van der Waals surface area contributed by atoms with Crippen molar-refractivity contribution in [2.24, 2.45) is 0 Å². The van der Waals surface area contributed by atoms with Crippen LogP contribution >= 0.6 is 7.82 Å². The lowest BCUT2D eigenvalue weighted by Gasteiger charge is -2.15. The fraction of sp³-hybridized carbons (Fsp3) is 0.707. The van der Waals surface area contributed by atoms with Crippen LogP contribution in [0.15, 0.2) is 60.8 Å². The molecule has 0 saturated carbocycles. The zero-order valence-corrected chi connectivity index (χ0v) is 32.9. The van der Waals surface area contributed by atoms with Crippen LogP contribution in [-0.4, -0.2) is 54.3 Å². The molecule has 51 heavy (non-hydrogen) atoms. The van der Waals surface area contributed by atoms with Gasteiger partial charge in [0.15, 0.2) is 0 Å². The molecule has 0 aromatic carbocycles. The van der Waals surface area contributed by atoms with Crippen molar-refractivity contribution >= 4 is 19.7 Å². The van der Waals surface area contributed by atoms with E-state index in [4.69, 9.17) is 13.8 Å². The molecule has 0 heterocycles. The summed E-state index contributed by atoms with van der Waals surface area (Å²) in [6.45, 7) is 3.37. The number of amides is 1. The Morgan fingerprint density at radius 3 is 1.69 bits per heavy atom. The molecule has 294 valence electrons. The number of rotatable bonds is 36. The number of aliphatic hydroxyl groups excluding tert-OH is 1. The number of ether oxygens (including phenoxy) is 1. The van der Waals surface area contributed by atoms with Crippen LogP contribution in [0.2, 0.25) is 0 Å². The van der Waals surface area contributed by atoms with E-state index in [2.05, 4.69) is 79.9 Å². The van der Waals surface area contributed by atoms with Gasteiger partial charge in [0.05, 0.1) is 13.2 Å². The summed E-state index contributed by atoms with van der Waals surface area (Å²) in [6, 6.07) is 0. The molecule has 0 fully saturated rings. The van der Waals surface area contributed by atoms with E-state index in [1.54, 1.807) is 0 Å². The van der Waals surface area contributed by atoms with Crippen LogP contribution in [0.5, 0.6) is 0 Å². The van der Waals surface area contributed by atoms with Crippen LogP contribution in [-0.2, 0) is 27.9 Å². The monoisotopic (exact) mass is 737 g/mol. The summed E-state index contributed by atoms with van der Waals surface area (Å²) in [6.07, 6.45) is 42.9. The fourth-order valence-electron chi connectivity index (χ4n) is 4.99. The van der Waals surface area contributed by atoms with E-state index in [1.807, 2.05) is 0 Å². The molecule has 0 bridgehead atoms. The predicted octanol–water partition coefficient (Wildman–Crippen LogP) is 10.5. The van der Waals surface area contributed by atoms with Crippen LogP contribution in [0.3, 0.4) is 0 Å². The van der Waals surface area contributed by atoms with Gasteiger partial charge in [-0.3, -0.25) is 18.6 Å². The highest BCUT2D eigenvalue weighted by atomic mass is 31.2. The van der Waals surface area contributed by atoms with Gasteiger partial charge in [-0.2, -0.15) is 0 Å². The maximum atomic E-state index is 12.0. The molecular formula is C41H72NO8P. The van der Waals surface area contributed by atoms with Crippen molar-refractivity contribution < 1.29 is 37.9 Å². The van der Waals surface area contributed by atoms with Gasteiger partial charge in [0, 0.05) is 19.4 Å². The van der Waals surface area contributed by atoms with Gasteiger partial charge in [0.2, 0.25) is 5.91 Å². The maximum absolute atomic E-state index is 12.0. The number of hydrogen-bond acceptors (Lipinski definition) is 7. The average Bonchev–Trinajstić information content (AvgIpc) is 3.11. The largest absolute Gasteiger partial charge is 0.472 e. The van der Waals surface area contributed by atoms with Crippen molar-refractivity contribution in [1.82, 2.24) is 5.32 Å². The molecule has 0 aliphatic carbocycles. The van der Waals surface area contributed by atoms with E-state index in [0.29, 0.717) is 12.8 Å². The van der Waals surface area contributed by atoms with Crippen LogP contribution < -0.4 is 5.32 Å². The smallest absolute Gasteiger partial charge is 0.463 e. The van der Waals surface area contributed by atoms with Gasteiger partial charge in [-0.25, -0.2) is 4.57 Å². The number of aliphatic hydroxyl groups is 1. The number of nitrogens with one attached hydrogen (secondary N) is 1. The molecule has 9 nitrogen and oxygen atoms in total. The van der Waals surface area contributed by atoms with Crippen molar-refractivity contribution in [1.29, 1.82) is 0 Å². The second-order valence-electron chi connectivity index (χ2n) is 12.9. The van der Waals surface area contributed by atoms with Crippen molar-refractivity contribution in [3.8, 4) is 0 Å². The summed E-state index contributed by atoms with van der Waals surface area (Å²) < 4.78 is 26.8. The van der Waals surface area contributed by atoms with Gasteiger partial charge in [-0.15, -0.1) is 0 Å². The molecule has 2 unspecified atom stereocenters. The molecule has 0 rings (SSSR count). The summed E-state index contributed by atoms with van der Waals surface area (Å²) in [7, 11) is -4.42. The molecule has 1 amide bonds. The normalized spacial score (nSPS) is 14.0. The first-order chi connectivity index (χ1) is 24.8. The lowest BCUT2D eigenvalue weighted by Crippen LogP contribution is -2.27. The third-order valence-corrected chi connectivity index (χ3v) is 8.95. The second-order valence-corrected chi connectivity index (χ2v) is 14.3. The molecule has 0 aliphatic rings. The van der Waals surface area contributed by atoms with Crippen molar-refractivity contribution in [3.63, 3.8) is 0 Å². The Bertz CT molecular complexity index is 1020. The third-order valence-electron chi connectivity index (χ3n) is 7.96. The van der Waals surface area contributed by atoms with Crippen molar-refractivity contribution in [2.75, 3.05) is 26.4 Å². The Kier molecular flexibility index (Phi) is 35.8. The minimum absolute atomic E-state index is 0.0766. The highest BCUT2D eigenvalue weighted by Gasteiger charge is 2.23. The Balaban J connectivity index is 3.70. The summed E-state index contributed by atoms with van der Waals surface area (Å²) in [5, 5.41) is 12.6. The van der Waals surface area contributed by atoms with Gasteiger partial charge in [0.1, 0.15) is 12.7 Å². The molecule has 10 heteroatoms. The van der Waals surface area contributed by atoms with Crippen LogP contribution in [0.4, 0.5) is 0 Å². The molecule has 0 spiro atoms. The molecule has 3 N–H and O–H groups in total. The topological polar surface area (TPSA) is 131 Å². The first-order valence-electron chi connectivity index (χ1n) is 19.8. The Labute approximate surface area is 310 Å². The standard InChI is InChI=1S/C41H72NO8P/c1-3-5-7-9-11-13-15-16-17-18-19-20-21-22-24-26-28-30-32-34-41(45)48-37-39(43)38-50-51(46,47)49-36-35-42-40(44)33-31-29-27-25-23-14-12-10-8-6-4-2/h5,7,11,13,16-17,19-20,22,24,39,43H,3-4,6,8-10,12,14-15,18,21,23,25-38H2,1-2H3,(H,42,44)(H,46,47)/b7-5-,13-11-,17-16-,20-19-,24-22-. The van der Waals surface area contributed by atoms with E-state index < -0.39 is 26.5 Å². The number of unbranched alkanes of at least 4 members (excludes halogenated alkanes) is 13. The lowest BCUT2D eigenvalue weighted by molar-refractivity contribution is -0.147.